The van der Waals surface area contributed by atoms with Crippen molar-refractivity contribution in [3.63, 3.8) is 0 Å². The molecule has 0 radical (unpaired) electrons. The molecule has 2 aromatic carbocycles. The van der Waals surface area contributed by atoms with Crippen molar-refractivity contribution in [1.29, 1.82) is 0 Å². The Morgan fingerprint density at radius 2 is 1.91 bits per heavy atom. The van der Waals surface area contributed by atoms with Gasteiger partial charge in [0.1, 0.15) is 5.75 Å². The maximum absolute atomic E-state index is 13.0. The van der Waals surface area contributed by atoms with Crippen LogP contribution < -0.4 is 15.2 Å². The highest BCUT2D eigenvalue weighted by Crippen LogP contribution is 2.26. The molecule has 1 aliphatic rings. The van der Waals surface area contributed by atoms with Crippen molar-refractivity contribution >= 4 is 35.0 Å². The van der Waals surface area contributed by atoms with Gasteiger partial charge in [-0.05, 0) is 49.2 Å². The Morgan fingerprint density at radius 1 is 1.14 bits per heavy atom. The molecule has 1 aliphatic heterocycles. The zero-order valence-corrected chi connectivity index (χ0v) is 21.7. The Hall–Kier alpha value is -2.97. The number of nitrogens with one attached hydrogen (secondary N) is 1. The topological polar surface area (TPSA) is 78.5 Å². The fourth-order valence-corrected chi connectivity index (χ4v) is 5.17. The second kappa shape index (κ2) is 11.2. The van der Waals surface area contributed by atoms with Gasteiger partial charge in [-0.25, -0.2) is 4.98 Å². The number of thioether (sulfide) groups is 1. The van der Waals surface area contributed by atoms with Crippen molar-refractivity contribution in [2.45, 2.75) is 31.2 Å². The number of aromatic amines is 1. The number of halogens is 1. The van der Waals surface area contributed by atoms with Crippen LogP contribution >= 0.6 is 23.4 Å². The van der Waals surface area contributed by atoms with Gasteiger partial charge in [0.15, 0.2) is 5.16 Å². The second-order valence-corrected chi connectivity index (χ2v) is 9.95. The maximum atomic E-state index is 13.0. The van der Waals surface area contributed by atoms with Gasteiger partial charge in [0.2, 0.25) is 5.91 Å². The van der Waals surface area contributed by atoms with Gasteiger partial charge in [-0.15, -0.1) is 0 Å². The third-order valence-electron chi connectivity index (χ3n) is 6.18. The highest BCUT2D eigenvalue weighted by Gasteiger charge is 2.24. The third-order valence-corrected chi connectivity index (χ3v) is 7.36. The van der Waals surface area contributed by atoms with Crippen LogP contribution in [-0.2, 0) is 17.0 Å². The number of carbonyl (C=O) groups is 1. The number of rotatable bonds is 7. The summed E-state index contributed by atoms with van der Waals surface area (Å²) in [5, 5.41) is 1.24. The molecule has 184 valence electrons. The van der Waals surface area contributed by atoms with E-state index in [1.807, 2.05) is 47.4 Å². The number of methoxy groups -OCH3 is 1. The first kappa shape index (κ1) is 25.1. The molecule has 0 atom stereocenters. The predicted octanol–water partition coefficient (Wildman–Crippen LogP) is 4.23. The third kappa shape index (κ3) is 6.18. The lowest BCUT2D eigenvalue weighted by Gasteiger charge is -2.37. The first-order valence-corrected chi connectivity index (χ1v) is 12.8. The number of nitrogens with zero attached hydrogens (tertiary/aromatic N) is 3. The first-order chi connectivity index (χ1) is 16.8. The molecular weight excluding hydrogens is 484 g/mol. The first-order valence-electron chi connectivity index (χ1n) is 11.5. The van der Waals surface area contributed by atoms with E-state index in [0.717, 1.165) is 35.7 Å². The number of H-pyrrole nitrogens is 1. The molecule has 1 N–H and O–H groups in total. The van der Waals surface area contributed by atoms with E-state index in [1.54, 1.807) is 14.0 Å². The van der Waals surface area contributed by atoms with Gasteiger partial charge in [0.25, 0.3) is 5.56 Å². The standard InChI is InChI=1S/C26H29ClN4O3S/c1-17-7-8-20(27)14-23(17)30-9-11-31(12-10-30)24(32)15-22-18(2)28-26(29-25(22)33)35-16-19-5-4-6-21(13-19)34-3/h4-8,13-14H,9-12,15-16H2,1-3H3,(H,28,29,33). The van der Waals surface area contributed by atoms with Crippen LogP contribution in [0.3, 0.4) is 0 Å². The molecule has 35 heavy (non-hydrogen) atoms. The molecule has 4 rings (SSSR count). The summed E-state index contributed by atoms with van der Waals surface area (Å²) in [7, 11) is 1.63. The van der Waals surface area contributed by atoms with Gasteiger partial charge >= 0.3 is 0 Å². The largest absolute Gasteiger partial charge is 0.497 e. The fourth-order valence-electron chi connectivity index (χ4n) is 4.16. The minimum Gasteiger partial charge on any atom is -0.497 e. The summed E-state index contributed by atoms with van der Waals surface area (Å²) in [6, 6.07) is 13.6. The summed E-state index contributed by atoms with van der Waals surface area (Å²) in [5.74, 6) is 1.38. The van der Waals surface area contributed by atoms with Crippen LogP contribution in [0.15, 0.2) is 52.4 Å². The molecular formula is C26H29ClN4O3S. The number of anilines is 1. The number of hydrogen-bond acceptors (Lipinski definition) is 6. The van der Waals surface area contributed by atoms with Crippen molar-refractivity contribution in [2.75, 3.05) is 38.2 Å². The molecule has 0 bridgehead atoms. The maximum Gasteiger partial charge on any atom is 0.255 e. The highest BCUT2D eigenvalue weighted by atomic mass is 35.5. The number of amides is 1. The number of carbonyl (C=O) groups excluding carboxylic acids is 1. The van der Waals surface area contributed by atoms with Crippen LogP contribution in [0.2, 0.25) is 5.02 Å². The predicted molar refractivity (Wildman–Crippen MR) is 141 cm³/mol. The second-order valence-electron chi connectivity index (χ2n) is 8.55. The normalized spacial score (nSPS) is 13.7. The lowest BCUT2D eigenvalue weighted by atomic mass is 10.1. The Morgan fingerprint density at radius 3 is 2.63 bits per heavy atom. The lowest BCUT2D eigenvalue weighted by Crippen LogP contribution is -2.49. The van der Waals surface area contributed by atoms with E-state index in [1.165, 1.54) is 11.8 Å². The quantitative estimate of drug-likeness (QED) is 0.377. The van der Waals surface area contributed by atoms with Crippen LogP contribution in [0, 0.1) is 13.8 Å². The number of hydrogen-bond donors (Lipinski definition) is 1. The van der Waals surface area contributed by atoms with Gasteiger partial charge in [0.05, 0.1) is 13.5 Å². The monoisotopic (exact) mass is 512 g/mol. The average Bonchev–Trinajstić information content (AvgIpc) is 2.86. The summed E-state index contributed by atoms with van der Waals surface area (Å²) in [6.45, 7) is 6.49. The van der Waals surface area contributed by atoms with Gasteiger partial charge in [0, 0.05) is 53.9 Å². The van der Waals surface area contributed by atoms with Crippen LogP contribution in [0.1, 0.15) is 22.4 Å². The van der Waals surface area contributed by atoms with E-state index in [2.05, 4.69) is 21.8 Å². The van der Waals surface area contributed by atoms with E-state index in [-0.39, 0.29) is 17.9 Å². The smallest absolute Gasteiger partial charge is 0.255 e. The number of ether oxygens (including phenoxy) is 1. The summed E-state index contributed by atoms with van der Waals surface area (Å²) < 4.78 is 5.26. The van der Waals surface area contributed by atoms with E-state index in [4.69, 9.17) is 16.3 Å². The molecule has 3 aromatic rings. The Kier molecular flexibility index (Phi) is 8.03. The zero-order valence-electron chi connectivity index (χ0n) is 20.1. The van der Waals surface area contributed by atoms with Crippen molar-refractivity contribution in [3.05, 3.63) is 80.2 Å². The molecule has 1 saturated heterocycles. The number of aromatic nitrogens is 2. The Labute approximate surface area is 214 Å². The minimum atomic E-state index is -0.257. The summed E-state index contributed by atoms with van der Waals surface area (Å²) in [4.78, 5) is 37.2. The van der Waals surface area contributed by atoms with Crippen molar-refractivity contribution in [2.24, 2.45) is 0 Å². The van der Waals surface area contributed by atoms with Crippen molar-refractivity contribution < 1.29 is 9.53 Å². The van der Waals surface area contributed by atoms with E-state index in [0.29, 0.717) is 40.3 Å². The van der Waals surface area contributed by atoms with Crippen LogP contribution in [0.25, 0.3) is 0 Å². The SMILES string of the molecule is COc1cccc(CSc2nc(C)c(CC(=O)N3CCN(c4cc(Cl)ccc4C)CC3)c(=O)[nH]2)c1. The number of benzene rings is 2. The van der Waals surface area contributed by atoms with E-state index < -0.39 is 0 Å². The van der Waals surface area contributed by atoms with Crippen LogP contribution in [-0.4, -0.2) is 54.1 Å². The van der Waals surface area contributed by atoms with Gasteiger partial charge in [-0.3, -0.25) is 9.59 Å². The minimum absolute atomic E-state index is 0.0468. The highest BCUT2D eigenvalue weighted by molar-refractivity contribution is 7.98. The van der Waals surface area contributed by atoms with Gasteiger partial charge in [-0.1, -0.05) is 41.6 Å². The summed E-state index contributed by atoms with van der Waals surface area (Å²) >= 11 is 7.62. The van der Waals surface area contributed by atoms with Crippen molar-refractivity contribution in [1.82, 2.24) is 14.9 Å². The Balaban J connectivity index is 1.36. The molecule has 0 saturated carbocycles. The average molecular weight is 513 g/mol. The summed E-state index contributed by atoms with van der Waals surface area (Å²) in [5.41, 5.74) is 4.08. The zero-order chi connectivity index (χ0) is 24.9. The summed E-state index contributed by atoms with van der Waals surface area (Å²) in [6.07, 6.45) is 0.0468. The van der Waals surface area contributed by atoms with Crippen LogP contribution in [0.4, 0.5) is 5.69 Å². The number of piperazine rings is 1. The molecule has 2 heterocycles. The molecule has 1 fully saturated rings. The molecule has 7 nitrogen and oxygen atoms in total. The number of aryl methyl sites for hydroxylation is 2. The van der Waals surface area contributed by atoms with E-state index in [9.17, 15) is 9.59 Å². The lowest BCUT2D eigenvalue weighted by molar-refractivity contribution is -0.130. The molecule has 0 unspecified atom stereocenters. The molecule has 9 heteroatoms. The van der Waals surface area contributed by atoms with Gasteiger partial charge < -0.3 is 19.5 Å². The molecule has 1 amide bonds. The van der Waals surface area contributed by atoms with Crippen molar-refractivity contribution in [3.8, 4) is 5.75 Å². The van der Waals surface area contributed by atoms with E-state index >= 15 is 0 Å². The fraction of sp³-hybridized carbons (Fsp3) is 0.346. The Bertz CT molecular complexity index is 1270. The van der Waals surface area contributed by atoms with Gasteiger partial charge in [-0.2, -0.15) is 0 Å². The molecule has 1 aromatic heterocycles. The molecule has 0 spiro atoms. The molecule has 0 aliphatic carbocycles. The van der Waals surface area contributed by atoms with Crippen LogP contribution in [0.5, 0.6) is 5.75 Å².